The number of nitrogens with one attached hydrogen (secondary N) is 2. The number of imide groups is 1. The van der Waals surface area contributed by atoms with E-state index in [4.69, 9.17) is 0 Å². The molecular formula is C17H12N4O6S2. The number of non-ortho nitro benzene ring substituents is 1. The van der Waals surface area contributed by atoms with Gasteiger partial charge in [-0.15, -0.1) is 11.3 Å². The maximum atomic E-state index is 12.3. The molecule has 1 fully saturated rings. The number of nitro groups is 1. The van der Waals surface area contributed by atoms with Crippen molar-refractivity contribution in [3.63, 3.8) is 0 Å². The molecule has 0 spiro atoms. The molecule has 2 N–H and O–H groups in total. The van der Waals surface area contributed by atoms with Crippen LogP contribution in [0.5, 0.6) is 0 Å². The van der Waals surface area contributed by atoms with Gasteiger partial charge in [0.15, 0.2) is 0 Å². The summed E-state index contributed by atoms with van der Waals surface area (Å²) in [5.74, 6) is -2.08. The van der Waals surface area contributed by atoms with Crippen molar-refractivity contribution in [3.8, 4) is 0 Å². The van der Waals surface area contributed by atoms with Crippen molar-refractivity contribution < 1.29 is 24.1 Å². The number of carbonyl (C=O) groups excluding carboxylic acids is 4. The second-order valence-corrected chi connectivity index (χ2v) is 7.56. The van der Waals surface area contributed by atoms with E-state index in [9.17, 15) is 29.3 Å². The van der Waals surface area contributed by atoms with Gasteiger partial charge in [0.25, 0.3) is 28.6 Å². The zero-order valence-electron chi connectivity index (χ0n) is 14.5. The van der Waals surface area contributed by atoms with Crippen LogP contribution in [0.15, 0.2) is 46.7 Å². The monoisotopic (exact) mass is 432 g/mol. The zero-order chi connectivity index (χ0) is 21.0. The fourth-order valence-corrected chi connectivity index (χ4v) is 3.82. The molecule has 2 aromatic rings. The lowest BCUT2D eigenvalue weighted by Gasteiger charge is -2.13. The van der Waals surface area contributed by atoms with Crippen LogP contribution in [0, 0.1) is 10.1 Å². The Hall–Kier alpha value is -3.51. The van der Waals surface area contributed by atoms with Crippen LogP contribution in [0.4, 0.5) is 10.5 Å². The zero-order valence-corrected chi connectivity index (χ0v) is 16.1. The molecule has 2 heterocycles. The Morgan fingerprint density at radius 2 is 1.86 bits per heavy atom. The summed E-state index contributed by atoms with van der Waals surface area (Å²) in [6, 6.07) is 8.35. The minimum atomic E-state index is -0.778. The lowest BCUT2D eigenvalue weighted by molar-refractivity contribution is -0.384. The first kappa shape index (κ1) is 20.2. The first-order chi connectivity index (χ1) is 13.8. The van der Waals surface area contributed by atoms with E-state index >= 15 is 0 Å². The van der Waals surface area contributed by atoms with Crippen molar-refractivity contribution >= 4 is 57.8 Å². The Morgan fingerprint density at radius 1 is 1.14 bits per heavy atom. The van der Waals surface area contributed by atoms with E-state index < -0.39 is 34.4 Å². The number of hydrogen-bond donors (Lipinski definition) is 2. The second kappa shape index (κ2) is 8.67. The Bertz CT molecular complexity index is 1020. The van der Waals surface area contributed by atoms with Gasteiger partial charge in [-0.25, -0.2) is 0 Å². The summed E-state index contributed by atoms with van der Waals surface area (Å²) in [7, 11) is 0. The number of hydrazine groups is 1. The van der Waals surface area contributed by atoms with Gasteiger partial charge in [0, 0.05) is 22.6 Å². The first-order valence-corrected chi connectivity index (χ1v) is 9.67. The van der Waals surface area contributed by atoms with Crippen LogP contribution in [-0.2, 0) is 9.59 Å². The third-order valence-corrected chi connectivity index (χ3v) is 5.37. The Morgan fingerprint density at radius 3 is 2.48 bits per heavy atom. The molecular weight excluding hydrogens is 420 g/mol. The van der Waals surface area contributed by atoms with Gasteiger partial charge in [-0.1, -0.05) is 6.07 Å². The topological polar surface area (TPSA) is 139 Å². The van der Waals surface area contributed by atoms with Gasteiger partial charge < -0.3 is 0 Å². The molecule has 1 aromatic carbocycles. The predicted molar refractivity (Wildman–Crippen MR) is 106 cm³/mol. The van der Waals surface area contributed by atoms with E-state index in [1.165, 1.54) is 23.5 Å². The van der Waals surface area contributed by atoms with Gasteiger partial charge in [0.2, 0.25) is 0 Å². The second-order valence-electron chi connectivity index (χ2n) is 5.59. The highest BCUT2D eigenvalue weighted by atomic mass is 32.2. The minimum absolute atomic E-state index is 0.0842. The summed E-state index contributed by atoms with van der Waals surface area (Å²) in [4.78, 5) is 60.1. The van der Waals surface area contributed by atoms with Crippen molar-refractivity contribution in [2.45, 2.75) is 0 Å². The summed E-state index contributed by atoms with van der Waals surface area (Å²) in [5.41, 5.74) is 4.13. The number of nitrogens with zero attached hydrogens (tertiary/aromatic N) is 2. The first-order valence-electron chi connectivity index (χ1n) is 7.97. The lowest BCUT2D eigenvalue weighted by atomic mass is 10.2. The van der Waals surface area contributed by atoms with Crippen molar-refractivity contribution in [1.82, 2.24) is 15.8 Å². The SMILES string of the molecule is O=C(CN1C(=O)S/C(=C\c2cccs2)C1=O)NNC(=O)c1ccc([N+](=O)[O-])cc1. The molecule has 1 saturated heterocycles. The van der Waals surface area contributed by atoms with E-state index in [0.717, 1.165) is 33.7 Å². The highest BCUT2D eigenvalue weighted by Gasteiger charge is 2.36. The summed E-state index contributed by atoms with van der Waals surface area (Å²) in [6.45, 7) is -0.563. The Labute approximate surface area is 171 Å². The molecule has 12 heteroatoms. The normalized spacial score (nSPS) is 14.9. The third kappa shape index (κ3) is 4.86. The fraction of sp³-hybridized carbons (Fsp3) is 0.0588. The number of amides is 4. The maximum absolute atomic E-state index is 12.3. The molecule has 0 radical (unpaired) electrons. The highest BCUT2D eigenvalue weighted by molar-refractivity contribution is 8.18. The van der Waals surface area contributed by atoms with Crippen LogP contribution in [0.1, 0.15) is 15.2 Å². The highest BCUT2D eigenvalue weighted by Crippen LogP contribution is 2.32. The third-order valence-electron chi connectivity index (χ3n) is 3.65. The summed E-state index contributed by atoms with van der Waals surface area (Å²) in [5, 5.41) is 11.9. The smallest absolute Gasteiger partial charge is 0.271 e. The van der Waals surface area contributed by atoms with Crippen LogP contribution in [-0.4, -0.2) is 39.3 Å². The van der Waals surface area contributed by atoms with Crippen LogP contribution >= 0.6 is 23.1 Å². The van der Waals surface area contributed by atoms with Crippen molar-refractivity contribution in [2.24, 2.45) is 0 Å². The molecule has 0 atom stereocenters. The minimum Gasteiger partial charge on any atom is -0.271 e. The van der Waals surface area contributed by atoms with Crippen molar-refractivity contribution in [1.29, 1.82) is 0 Å². The standard InChI is InChI=1S/C17H12N4O6S2/c22-14(18-19-15(23)10-3-5-11(6-4-10)21(26)27)9-20-16(24)13(29-17(20)25)8-12-2-1-7-28-12/h1-8H,9H2,(H,18,22)(H,19,23)/b13-8-. The number of rotatable bonds is 5. The van der Waals surface area contributed by atoms with E-state index in [-0.39, 0.29) is 16.2 Å². The van der Waals surface area contributed by atoms with Gasteiger partial charge in [-0.05, 0) is 41.4 Å². The van der Waals surface area contributed by atoms with Gasteiger partial charge in [-0.3, -0.25) is 45.0 Å². The molecule has 148 valence electrons. The number of thiophene rings is 1. The van der Waals surface area contributed by atoms with Crippen LogP contribution < -0.4 is 10.9 Å². The average Bonchev–Trinajstić information content (AvgIpc) is 3.30. The molecule has 29 heavy (non-hydrogen) atoms. The largest absolute Gasteiger partial charge is 0.294 e. The summed E-state index contributed by atoms with van der Waals surface area (Å²) in [6.07, 6.45) is 1.57. The van der Waals surface area contributed by atoms with E-state index in [1.807, 2.05) is 11.4 Å². The number of carbonyl (C=O) groups is 4. The quantitative estimate of drug-likeness (QED) is 0.419. The van der Waals surface area contributed by atoms with Gasteiger partial charge >= 0.3 is 0 Å². The molecule has 0 aliphatic carbocycles. The predicted octanol–water partition coefficient (Wildman–Crippen LogP) is 2.15. The Kier molecular flexibility index (Phi) is 6.04. The number of benzene rings is 1. The lowest BCUT2D eigenvalue weighted by Crippen LogP contribution is -2.47. The average molecular weight is 432 g/mol. The molecule has 3 rings (SSSR count). The number of nitro benzene ring substituents is 1. The molecule has 1 aliphatic rings. The number of thioether (sulfide) groups is 1. The van der Waals surface area contributed by atoms with Crippen molar-refractivity contribution in [3.05, 3.63) is 67.2 Å². The number of hydrogen-bond acceptors (Lipinski definition) is 8. The van der Waals surface area contributed by atoms with E-state index in [1.54, 1.807) is 12.1 Å². The van der Waals surface area contributed by atoms with Crippen LogP contribution in [0.2, 0.25) is 0 Å². The molecule has 0 saturated carbocycles. The fourth-order valence-electron chi connectivity index (χ4n) is 2.26. The van der Waals surface area contributed by atoms with Gasteiger partial charge in [-0.2, -0.15) is 0 Å². The van der Waals surface area contributed by atoms with Gasteiger partial charge in [0.1, 0.15) is 6.54 Å². The summed E-state index contributed by atoms with van der Waals surface area (Å²) >= 11 is 2.13. The Balaban J connectivity index is 1.55. The van der Waals surface area contributed by atoms with E-state index in [2.05, 4.69) is 10.9 Å². The van der Waals surface area contributed by atoms with Crippen molar-refractivity contribution in [2.75, 3.05) is 6.54 Å². The van der Waals surface area contributed by atoms with Crippen LogP contribution in [0.25, 0.3) is 6.08 Å². The molecule has 1 aromatic heterocycles. The molecule has 1 aliphatic heterocycles. The molecule has 4 amide bonds. The molecule has 10 nitrogen and oxygen atoms in total. The maximum Gasteiger partial charge on any atom is 0.294 e. The molecule has 0 bridgehead atoms. The van der Waals surface area contributed by atoms with Crippen LogP contribution in [0.3, 0.4) is 0 Å². The van der Waals surface area contributed by atoms with Gasteiger partial charge in [0.05, 0.1) is 9.83 Å². The van der Waals surface area contributed by atoms with E-state index in [0.29, 0.717) is 0 Å². The summed E-state index contributed by atoms with van der Waals surface area (Å²) < 4.78 is 0. The molecule has 0 unspecified atom stereocenters.